The molecule has 2 atom stereocenters. The van der Waals surface area contributed by atoms with Gasteiger partial charge in [-0.15, -0.1) is 0 Å². The number of amides is 1. The fourth-order valence-corrected chi connectivity index (χ4v) is 2.60. The van der Waals surface area contributed by atoms with Gasteiger partial charge in [-0.05, 0) is 24.6 Å². The Morgan fingerprint density at radius 1 is 1.25 bits per heavy atom. The molecular formula is C16H18N2O2. The fraction of sp³-hybridized carbons (Fsp3) is 0.312. The summed E-state index contributed by atoms with van der Waals surface area (Å²) in [6.45, 7) is 3.49. The molecule has 0 spiro atoms. The van der Waals surface area contributed by atoms with Crippen molar-refractivity contribution in [3.8, 4) is 0 Å². The maximum Gasteiger partial charge on any atom is 0.289 e. The quantitative estimate of drug-likeness (QED) is 0.911. The Bertz CT molecular complexity index is 565. The topological polar surface area (TPSA) is 45.5 Å². The number of hydrogen-bond donors (Lipinski definition) is 1. The van der Waals surface area contributed by atoms with Crippen LogP contribution in [0.5, 0.6) is 0 Å². The standard InChI is InChI=1S/C16H18N2O2/c1-12-10-17-14(13-6-3-2-4-7-13)11-18(12)16(19)15-8-5-9-20-15/h2-9,12,14,17H,10-11H2,1H3. The lowest BCUT2D eigenvalue weighted by Gasteiger charge is -2.38. The van der Waals surface area contributed by atoms with E-state index >= 15 is 0 Å². The van der Waals surface area contributed by atoms with Gasteiger partial charge in [0.25, 0.3) is 5.91 Å². The number of rotatable bonds is 2. The number of nitrogens with zero attached hydrogens (tertiary/aromatic N) is 1. The van der Waals surface area contributed by atoms with E-state index in [1.54, 1.807) is 12.1 Å². The number of furan rings is 1. The Balaban J connectivity index is 1.79. The van der Waals surface area contributed by atoms with E-state index < -0.39 is 0 Å². The molecule has 104 valence electrons. The second kappa shape index (κ2) is 5.51. The van der Waals surface area contributed by atoms with Crippen LogP contribution in [-0.4, -0.2) is 29.9 Å². The van der Waals surface area contributed by atoms with Gasteiger partial charge in [-0.25, -0.2) is 0 Å². The first-order chi connectivity index (χ1) is 9.75. The average molecular weight is 270 g/mol. The zero-order valence-electron chi connectivity index (χ0n) is 11.5. The van der Waals surface area contributed by atoms with Crippen LogP contribution in [0.3, 0.4) is 0 Å². The normalized spacial score (nSPS) is 22.8. The third kappa shape index (κ3) is 2.47. The lowest BCUT2D eigenvalue weighted by molar-refractivity contribution is 0.0575. The zero-order valence-corrected chi connectivity index (χ0v) is 11.5. The highest BCUT2D eigenvalue weighted by atomic mass is 16.3. The van der Waals surface area contributed by atoms with Crippen molar-refractivity contribution in [1.82, 2.24) is 10.2 Å². The summed E-state index contributed by atoms with van der Waals surface area (Å²) in [4.78, 5) is 14.3. The number of carbonyl (C=O) groups excluding carboxylic acids is 1. The number of benzene rings is 1. The largest absolute Gasteiger partial charge is 0.459 e. The smallest absolute Gasteiger partial charge is 0.289 e. The Labute approximate surface area is 118 Å². The van der Waals surface area contributed by atoms with Crippen LogP contribution in [0, 0.1) is 0 Å². The minimum absolute atomic E-state index is 0.0371. The van der Waals surface area contributed by atoms with E-state index in [-0.39, 0.29) is 18.0 Å². The van der Waals surface area contributed by atoms with E-state index in [4.69, 9.17) is 4.42 Å². The molecule has 4 heteroatoms. The van der Waals surface area contributed by atoms with Crippen LogP contribution in [0.2, 0.25) is 0 Å². The van der Waals surface area contributed by atoms with Gasteiger partial charge in [-0.3, -0.25) is 4.79 Å². The van der Waals surface area contributed by atoms with E-state index in [2.05, 4.69) is 24.4 Å². The molecule has 2 aromatic rings. The number of nitrogens with one attached hydrogen (secondary N) is 1. The van der Waals surface area contributed by atoms with Crippen LogP contribution in [0.15, 0.2) is 53.1 Å². The maximum absolute atomic E-state index is 12.5. The highest BCUT2D eigenvalue weighted by Gasteiger charge is 2.30. The molecule has 0 aliphatic carbocycles. The molecule has 1 saturated heterocycles. The molecule has 3 rings (SSSR count). The molecule has 0 saturated carbocycles. The minimum atomic E-state index is -0.0371. The van der Waals surface area contributed by atoms with Crippen LogP contribution in [0.4, 0.5) is 0 Å². The van der Waals surface area contributed by atoms with Gasteiger partial charge in [0.15, 0.2) is 5.76 Å². The van der Waals surface area contributed by atoms with Crippen molar-refractivity contribution < 1.29 is 9.21 Å². The monoisotopic (exact) mass is 270 g/mol. The molecule has 2 heterocycles. The van der Waals surface area contributed by atoms with Crippen molar-refractivity contribution in [2.24, 2.45) is 0 Å². The maximum atomic E-state index is 12.5. The van der Waals surface area contributed by atoms with Gasteiger partial charge in [0, 0.05) is 25.2 Å². The van der Waals surface area contributed by atoms with E-state index in [0.29, 0.717) is 12.3 Å². The SMILES string of the molecule is CC1CNC(c2ccccc2)CN1C(=O)c1ccco1. The molecule has 0 radical (unpaired) electrons. The van der Waals surface area contributed by atoms with Crippen LogP contribution in [0.1, 0.15) is 29.1 Å². The van der Waals surface area contributed by atoms with E-state index in [9.17, 15) is 4.79 Å². The first-order valence-corrected chi connectivity index (χ1v) is 6.88. The number of piperazine rings is 1. The molecule has 1 aromatic carbocycles. The summed E-state index contributed by atoms with van der Waals surface area (Å²) in [6, 6.07) is 14.0. The lowest BCUT2D eigenvalue weighted by atomic mass is 10.0. The van der Waals surface area contributed by atoms with E-state index in [1.807, 2.05) is 23.1 Å². The first kappa shape index (κ1) is 12.9. The Kier molecular flexibility index (Phi) is 3.56. The van der Waals surface area contributed by atoms with Crippen molar-refractivity contribution in [3.05, 3.63) is 60.1 Å². The Morgan fingerprint density at radius 3 is 2.75 bits per heavy atom. The summed E-state index contributed by atoms with van der Waals surface area (Å²) in [5.41, 5.74) is 1.21. The third-order valence-electron chi connectivity index (χ3n) is 3.77. The molecule has 20 heavy (non-hydrogen) atoms. The molecule has 1 N–H and O–H groups in total. The molecule has 1 fully saturated rings. The van der Waals surface area contributed by atoms with Gasteiger partial charge >= 0.3 is 0 Å². The fourth-order valence-electron chi connectivity index (χ4n) is 2.60. The zero-order chi connectivity index (χ0) is 13.9. The first-order valence-electron chi connectivity index (χ1n) is 6.88. The number of carbonyl (C=O) groups is 1. The highest BCUT2D eigenvalue weighted by Crippen LogP contribution is 2.21. The lowest BCUT2D eigenvalue weighted by Crippen LogP contribution is -2.53. The summed E-state index contributed by atoms with van der Waals surface area (Å²) in [5.74, 6) is 0.371. The highest BCUT2D eigenvalue weighted by molar-refractivity contribution is 5.91. The predicted molar refractivity (Wildman–Crippen MR) is 76.4 cm³/mol. The predicted octanol–water partition coefficient (Wildman–Crippen LogP) is 2.45. The van der Waals surface area contributed by atoms with Crippen molar-refractivity contribution in [3.63, 3.8) is 0 Å². The van der Waals surface area contributed by atoms with Gasteiger partial charge in [0.2, 0.25) is 0 Å². The molecule has 1 amide bonds. The molecule has 1 aliphatic heterocycles. The molecule has 4 nitrogen and oxygen atoms in total. The summed E-state index contributed by atoms with van der Waals surface area (Å²) >= 11 is 0. The number of hydrogen-bond acceptors (Lipinski definition) is 3. The van der Waals surface area contributed by atoms with Crippen molar-refractivity contribution in [1.29, 1.82) is 0 Å². The average Bonchev–Trinajstić information content (AvgIpc) is 3.02. The second-order valence-corrected chi connectivity index (χ2v) is 5.16. The molecule has 0 bridgehead atoms. The molecule has 1 aliphatic rings. The van der Waals surface area contributed by atoms with Gasteiger partial charge in [-0.2, -0.15) is 0 Å². The summed E-state index contributed by atoms with van der Waals surface area (Å²) < 4.78 is 5.23. The summed E-state index contributed by atoms with van der Waals surface area (Å²) in [5, 5.41) is 3.49. The molecular weight excluding hydrogens is 252 g/mol. The summed E-state index contributed by atoms with van der Waals surface area (Å²) in [7, 11) is 0. The van der Waals surface area contributed by atoms with Crippen LogP contribution >= 0.6 is 0 Å². The van der Waals surface area contributed by atoms with Crippen molar-refractivity contribution in [2.45, 2.75) is 19.0 Å². The van der Waals surface area contributed by atoms with Crippen LogP contribution in [0.25, 0.3) is 0 Å². The van der Waals surface area contributed by atoms with Gasteiger partial charge < -0.3 is 14.6 Å². The molecule has 1 aromatic heterocycles. The Morgan fingerprint density at radius 2 is 2.05 bits per heavy atom. The minimum Gasteiger partial charge on any atom is -0.459 e. The van der Waals surface area contributed by atoms with Crippen LogP contribution in [-0.2, 0) is 0 Å². The van der Waals surface area contributed by atoms with Gasteiger partial charge in [0.1, 0.15) is 0 Å². The van der Waals surface area contributed by atoms with Crippen molar-refractivity contribution >= 4 is 5.91 Å². The van der Waals surface area contributed by atoms with Crippen molar-refractivity contribution in [2.75, 3.05) is 13.1 Å². The second-order valence-electron chi connectivity index (χ2n) is 5.16. The van der Waals surface area contributed by atoms with Gasteiger partial charge in [-0.1, -0.05) is 30.3 Å². The Hall–Kier alpha value is -2.07. The van der Waals surface area contributed by atoms with Crippen LogP contribution < -0.4 is 5.32 Å². The van der Waals surface area contributed by atoms with E-state index in [1.165, 1.54) is 11.8 Å². The summed E-state index contributed by atoms with van der Waals surface area (Å²) in [6.07, 6.45) is 1.54. The van der Waals surface area contributed by atoms with Gasteiger partial charge in [0.05, 0.1) is 6.26 Å². The van der Waals surface area contributed by atoms with E-state index in [0.717, 1.165) is 6.54 Å². The molecule has 2 unspecified atom stereocenters. The third-order valence-corrected chi connectivity index (χ3v) is 3.77.